The maximum atomic E-state index is 11.8. The molecular weight excluding hydrogens is 371 g/mol. The second kappa shape index (κ2) is 7.09. The van der Waals surface area contributed by atoms with E-state index < -0.39 is 0 Å². The maximum absolute atomic E-state index is 11.8. The first-order valence-corrected chi connectivity index (χ1v) is 7.10. The van der Waals surface area contributed by atoms with E-state index in [4.69, 9.17) is 4.42 Å². The quantitative estimate of drug-likeness (QED) is 0.613. The Balaban J connectivity index is 1.73. The summed E-state index contributed by atoms with van der Waals surface area (Å²) in [6, 6.07) is 10.5. The standard InChI is InChI=1S/C14H13IN2O3/c15-11-4-1-3-10(9-11)13(18)16-6-7-17-14(19)12-5-2-8-20-12/h1-5,8-9H,6-7H2,(H,16,18)(H,17,19). The summed E-state index contributed by atoms with van der Waals surface area (Å²) in [6.45, 7) is 0.700. The van der Waals surface area contributed by atoms with Gasteiger partial charge in [-0.1, -0.05) is 6.07 Å². The number of halogens is 1. The van der Waals surface area contributed by atoms with E-state index in [2.05, 4.69) is 33.2 Å². The molecule has 2 amide bonds. The van der Waals surface area contributed by atoms with Gasteiger partial charge < -0.3 is 15.1 Å². The fourth-order valence-corrected chi connectivity index (χ4v) is 2.12. The zero-order chi connectivity index (χ0) is 14.4. The summed E-state index contributed by atoms with van der Waals surface area (Å²) in [5, 5.41) is 5.39. The highest BCUT2D eigenvalue weighted by atomic mass is 127. The summed E-state index contributed by atoms with van der Waals surface area (Å²) in [7, 11) is 0. The van der Waals surface area contributed by atoms with Crippen LogP contribution in [0.4, 0.5) is 0 Å². The molecule has 0 bridgehead atoms. The molecule has 0 fully saturated rings. The fraction of sp³-hybridized carbons (Fsp3) is 0.143. The monoisotopic (exact) mass is 384 g/mol. The highest BCUT2D eigenvalue weighted by Gasteiger charge is 2.08. The summed E-state index contributed by atoms with van der Waals surface area (Å²) in [5.74, 6) is -0.191. The van der Waals surface area contributed by atoms with Crippen LogP contribution in [0.25, 0.3) is 0 Å². The molecule has 2 aromatic rings. The van der Waals surface area contributed by atoms with Crippen molar-refractivity contribution in [3.8, 4) is 0 Å². The van der Waals surface area contributed by atoms with E-state index in [1.165, 1.54) is 6.26 Å². The number of furan rings is 1. The van der Waals surface area contributed by atoms with Gasteiger partial charge in [-0.15, -0.1) is 0 Å². The molecule has 0 spiro atoms. The first kappa shape index (κ1) is 14.6. The van der Waals surface area contributed by atoms with Gasteiger partial charge in [0.1, 0.15) is 0 Å². The summed E-state index contributed by atoms with van der Waals surface area (Å²) in [6.07, 6.45) is 1.44. The minimum Gasteiger partial charge on any atom is -0.459 e. The van der Waals surface area contributed by atoms with E-state index in [0.717, 1.165) is 3.57 Å². The molecule has 0 aliphatic rings. The lowest BCUT2D eigenvalue weighted by molar-refractivity contribution is 0.0910. The molecule has 0 atom stereocenters. The van der Waals surface area contributed by atoms with Crippen molar-refractivity contribution < 1.29 is 14.0 Å². The second-order valence-electron chi connectivity index (χ2n) is 4.00. The fourth-order valence-electron chi connectivity index (χ4n) is 1.58. The molecule has 104 valence electrons. The number of amides is 2. The Morgan fingerprint density at radius 3 is 2.45 bits per heavy atom. The van der Waals surface area contributed by atoms with Crippen molar-refractivity contribution in [2.75, 3.05) is 13.1 Å². The lowest BCUT2D eigenvalue weighted by Gasteiger charge is -2.06. The van der Waals surface area contributed by atoms with Gasteiger partial charge in [-0.3, -0.25) is 9.59 Å². The Hall–Kier alpha value is -1.83. The number of nitrogens with one attached hydrogen (secondary N) is 2. The van der Waals surface area contributed by atoms with Crippen LogP contribution in [0, 0.1) is 3.57 Å². The van der Waals surface area contributed by atoms with E-state index in [0.29, 0.717) is 18.7 Å². The molecule has 6 heteroatoms. The van der Waals surface area contributed by atoms with Crippen molar-refractivity contribution in [3.63, 3.8) is 0 Å². The molecule has 0 saturated heterocycles. The van der Waals surface area contributed by atoms with E-state index >= 15 is 0 Å². The largest absolute Gasteiger partial charge is 0.459 e. The molecule has 0 radical (unpaired) electrons. The molecule has 2 rings (SSSR count). The smallest absolute Gasteiger partial charge is 0.287 e. The summed E-state index contributed by atoms with van der Waals surface area (Å²) < 4.78 is 5.96. The Morgan fingerprint density at radius 1 is 1.05 bits per heavy atom. The number of hydrogen-bond acceptors (Lipinski definition) is 3. The van der Waals surface area contributed by atoms with Gasteiger partial charge in [0.15, 0.2) is 5.76 Å². The molecule has 1 heterocycles. The van der Waals surface area contributed by atoms with Gasteiger partial charge in [-0.2, -0.15) is 0 Å². The Labute approximate surface area is 129 Å². The molecule has 2 N–H and O–H groups in total. The van der Waals surface area contributed by atoms with Gasteiger partial charge in [0.05, 0.1) is 6.26 Å². The first-order valence-electron chi connectivity index (χ1n) is 6.02. The van der Waals surface area contributed by atoms with Gasteiger partial charge >= 0.3 is 0 Å². The van der Waals surface area contributed by atoms with Crippen LogP contribution in [0.2, 0.25) is 0 Å². The van der Waals surface area contributed by atoms with Crippen molar-refractivity contribution in [1.29, 1.82) is 0 Å². The molecule has 1 aromatic heterocycles. The van der Waals surface area contributed by atoms with Crippen LogP contribution in [-0.2, 0) is 0 Å². The average Bonchev–Trinajstić information content (AvgIpc) is 2.97. The summed E-state index contributed by atoms with van der Waals surface area (Å²) >= 11 is 2.15. The van der Waals surface area contributed by atoms with E-state index in [1.807, 2.05) is 12.1 Å². The normalized spacial score (nSPS) is 10.1. The van der Waals surface area contributed by atoms with Crippen molar-refractivity contribution in [3.05, 3.63) is 57.6 Å². The van der Waals surface area contributed by atoms with Crippen molar-refractivity contribution >= 4 is 34.4 Å². The molecule has 1 aromatic carbocycles. The second-order valence-corrected chi connectivity index (χ2v) is 5.25. The third kappa shape index (κ3) is 4.09. The number of benzene rings is 1. The van der Waals surface area contributed by atoms with Crippen LogP contribution in [0.3, 0.4) is 0 Å². The van der Waals surface area contributed by atoms with Gasteiger partial charge in [-0.25, -0.2) is 0 Å². The van der Waals surface area contributed by atoms with Crippen LogP contribution in [-0.4, -0.2) is 24.9 Å². The lowest BCUT2D eigenvalue weighted by Crippen LogP contribution is -2.34. The molecule has 0 unspecified atom stereocenters. The highest BCUT2D eigenvalue weighted by molar-refractivity contribution is 14.1. The molecule has 5 nitrogen and oxygen atoms in total. The van der Waals surface area contributed by atoms with Crippen LogP contribution in [0.5, 0.6) is 0 Å². The van der Waals surface area contributed by atoms with Gasteiger partial charge in [0.2, 0.25) is 0 Å². The number of hydrogen-bond donors (Lipinski definition) is 2. The number of carbonyl (C=O) groups is 2. The molecule has 0 saturated carbocycles. The maximum Gasteiger partial charge on any atom is 0.287 e. The lowest BCUT2D eigenvalue weighted by atomic mass is 10.2. The third-order valence-corrected chi connectivity index (χ3v) is 3.20. The van der Waals surface area contributed by atoms with E-state index in [-0.39, 0.29) is 17.6 Å². The Bertz CT molecular complexity index is 596. The average molecular weight is 384 g/mol. The SMILES string of the molecule is O=C(NCCNC(=O)c1ccco1)c1cccc(I)c1. The van der Waals surface area contributed by atoms with Gasteiger partial charge in [-0.05, 0) is 52.9 Å². The predicted octanol–water partition coefficient (Wildman–Crippen LogP) is 2.04. The molecular formula is C14H13IN2O3. The zero-order valence-corrected chi connectivity index (χ0v) is 12.7. The molecule has 0 aliphatic heterocycles. The third-order valence-electron chi connectivity index (χ3n) is 2.53. The van der Waals surface area contributed by atoms with E-state index in [9.17, 15) is 9.59 Å². The summed E-state index contributed by atoms with van der Waals surface area (Å²) in [4.78, 5) is 23.4. The molecule has 20 heavy (non-hydrogen) atoms. The van der Waals surface area contributed by atoms with Gasteiger partial charge in [0, 0.05) is 22.2 Å². The molecule has 0 aliphatic carbocycles. The summed E-state index contributed by atoms with van der Waals surface area (Å²) in [5.41, 5.74) is 0.606. The van der Waals surface area contributed by atoms with Gasteiger partial charge in [0.25, 0.3) is 11.8 Å². The van der Waals surface area contributed by atoms with Crippen LogP contribution in [0.15, 0.2) is 47.1 Å². The van der Waals surface area contributed by atoms with Crippen molar-refractivity contribution in [2.45, 2.75) is 0 Å². The Kier molecular flexibility index (Phi) is 5.16. The number of carbonyl (C=O) groups excluding carboxylic acids is 2. The van der Waals surface area contributed by atoms with E-state index in [1.54, 1.807) is 24.3 Å². The van der Waals surface area contributed by atoms with Crippen LogP contribution >= 0.6 is 22.6 Å². The van der Waals surface area contributed by atoms with Crippen molar-refractivity contribution in [1.82, 2.24) is 10.6 Å². The first-order chi connectivity index (χ1) is 9.66. The van der Waals surface area contributed by atoms with Crippen molar-refractivity contribution in [2.24, 2.45) is 0 Å². The minimum atomic E-state index is -0.293. The predicted molar refractivity (Wildman–Crippen MR) is 82.5 cm³/mol. The number of rotatable bonds is 5. The minimum absolute atomic E-state index is 0.157. The topological polar surface area (TPSA) is 71.3 Å². The van der Waals surface area contributed by atoms with Crippen LogP contribution < -0.4 is 10.6 Å². The Morgan fingerprint density at radius 2 is 1.80 bits per heavy atom. The highest BCUT2D eigenvalue weighted by Crippen LogP contribution is 2.07. The zero-order valence-electron chi connectivity index (χ0n) is 10.6. The van der Waals surface area contributed by atoms with Crippen LogP contribution in [0.1, 0.15) is 20.9 Å².